The minimum atomic E-state index is -0.0300. The number of benzene rings is 1. The van der Waals surface area contributed by atoms with E-state index in [1.807, 2.05) is 6.07 Å². The summed E-state index contributed by atoms with van der Waals surface area (Å²) in [4.78, 5) is 13.3. The SMILES string of the molecule is CN1Cc2ccc(/C(N)=N\O)cc2C1=O. The molecule has 0 aliphatic carbocycles. The highest BCUT2D eigenvalue weighted by atomic mass is 16.4. The van der Waals surface area contributed by atoms with E-state index in [0.717, 1.165) is 5.56 Å². The molecule has 2 rings (SSSR count). The zero-order valence-corrected chi connectivity index (χ0v) is 8.27. The Labute approximate surface area is 86.8 Å². The van der Waals surface area contributed by atoms with E-state index >= 15 is 0 Å². The Morgan fingerprint density at radius 1 is 1.60 bits per heavy atom. The first kappa shape index (κ1) is 9.51. The first-order valence-corrected chi connectivity index (χ1v) is 4.50. The molecule has 1 aliphatic rings. The molecule has 1 aromatic carbocycles. The van der Waals surface area contributed by atoms with Gasteiger partial charge in [0.1, 0.15) is 0 Å². The summed E-state index contributed by atoms with van der Waals surface area (Å²) in [6, 6.07) is 5.21. The van der Waals surface area contributed by atoms with Crippen LogP contribution in [0.2, 0.25) is 0 Å². The van der Waals surface area contributed by atoms with Crippen molar-refractivity contribution in [2.24, 2.45) is 10.9 Å². The predicted molar refractivity (Wildman–Crippen MR) is 54.8 cm³/mol. The number of rotatable bonds is 1. The highest BCUT2D eigenvalue weighted by Gasteiger charge is 2.24. The van der Waals surface area contributed by atoms with E-state index in [9.17, 15) is 4.79 Å². The van der Waals surface area contributed by atoms with Gasteiger partial charge in [-0.05, 0) is 11.6 Å². The smallest absolute Gasteiger partial charge is 0.254 e. The molecule has 5 heteroatoms. The van der Waals surface area contributed by atoms with Crippen molar-refractivity contribution >= 4 is 11.7 Å². The summed E-state index contributed by atoms with van der Waals surface area (Å²) in [5.74, 6) is -0.0160. The largest absolute Gasteiger partial charge is 0.409 e. The second kappa shape index (κ2) is 3.27. The number of amides is 1. The van der Waals surface area contributed by atoms with Gasteiger partial charge in [0.25, 0.3) is 5.91 Å². The van der Waals surface area contributed by atoms with Gasteiger partial charge in [0.2, 0.25) is 0 Å². The normalized spacial score (nSPS) is 15.7. The van der Waals surface area contributed by atoms with Crippen molar-refractivity contribution in [1.82, 2.24) is 4.90 Å². The second-order valence-electron chi connectivity index (χ2n) is 3.52. The van der Waals surface area contributed by atoms with Crippen molar-refractivity contribution in [3.8, 4) is 0 Å². The molecule has 1 aliphatic heterocycles. The maximum atomic E-state index is 11.6. The van der Waals surface area contributed by atoms with Crippen LogP contribution in [-0.4, -0.2) is 28.9 Å². The van der Waals surface area contributed by atoms with Crippen molar-refractivity contribution in [2.45, 2.75) is 6.54 Å². The zero-order chi connectivity index (χ0) is 11.0. The second-order valence-corrected chi connectivity index (χ2v) is 3.52. The summed E-state index contributed by atoms with van der Waals surface area (Å²) in [5, 5.41) is 11.4. The Balaban J connectivity index is 2.49. The standard InChI is InChI=1S/C10H11N3O2/c1-13-5-7-3-2-6(9(11)12-15)4-8(7)10(13)14/h2-4,15H,5H2,1H3,(H2,11,12). The van der Waals surface area contributed by atoms with E-state index in [1.54, 1.807) is 24.1 Å². The highest BCUT2D eigenvalue weighted by molar-refractivity contribution is 6.03. The van der Waals surface area contributed by atoms with Crippen molar-refractivity contribution in [3.63, 3.8) is 0 Å². The average molecular weight is 205 g/mol. The molecule has 0 fully saturated rings. The Morgan fingerprint density at radius 3 is 3.00 bits per heavy atom. The number of fused-ring (bicyclic) bond motifs is 1. The molecule has 0 saturated heterocycles. The van der Waals surface area contributed by atoms with Gasteiger partial charge in [0.05, 0.1) is 0 Å². The van der Waals surface area contributed by atoms with Crippen molar-refractivity contribution < 1.29 is 10.0 Å². The number of nitrogens with two attached hydrogens (primary N) is 1. The minimum absolute atomic E-state index is 0.0140. The van der Waals surface area contributed by atoms with Crippen LogP contribution in [0.25, 0.3) is 0 Å². The Bertz CT molecular complexity index is 454. The number of nitrogens with zero attached hydrogens (tertiary/aromatic N) is 2. The lowest BCUT2D eigenvalue weighted by Gasteiger charge is -2.04. The lowest BCUT2D eigenvalue weighted by molar-refractivity contribution is 0.0816. The van der Waals surface area contributed by atoms with Crippen LogP contribution >= 0.6 is 0 Å². The third kappa shape index (κ3) is 1.41. The van der Waals surface area contributed by atoms with E-state index < -0.39 is 0 Å². The summed E-state index contributed by atoms with van der Waals surface area (Å²) < 4.78 is 0. The van der Waals surface area contributed by atoms with Gasteiger partial charge in [-0.25, -0.2) is 0 Å². The molecule has 1 aromatic rings. The van der Waals surface area contributed by atoms with Crippen LogP contribution < -0.4 is 5.73 Å². The lowest BCUT2D eigenvalue weighted by Crippen LogP contribution is -2.18. The number of carbonyl (C=O) groups excluding carboxylic acids is 1. The van der Waals surface area contributed by atoms with Crippen LogP contribution in [0, 0.1) is 0 Å². The van der Waals surface area contributed by atoms with E-state index in [0.29, 0.717) is 17.7 Å². The molecular weight excluding hydrogens is 194 g/mol. The summed E-state index contributed by atoms with van der Waals surface area (Å²) in [6.07, 6.45) is 0. The van der Waals surface area contributed by atoms with E-state index in [1.165, 1.54) is 0 Å². The lowest BCUT2D eigenvalue weighted by atomic mass is 10.1. The number of hydrogen-bond acceptors (Lipinski definition) is 3. The molecule has 78 valence electrons. The number of oxime groups is 1. The molecule has 0 unspecified atom stereocenters. The number of hydrogen-bond donors (Lipinski definition) is 2. The summed E-state index contributed by atoms with van der Waals surface area (Å²) in [6.45, 7) is 0.616. The highest BCUT2D eigenvalue weighted by Crippen LogP contribution is 2.22. The van der Waals surface area contributed by atoms with E-state index in [4.69, 9.17) is 10.9 Å². The zero-order valence-electron chi connectivity index (χ0n) is 8.27. The molecule has 5 nitrogen and oxygen atoms in total. The van der Waals surface area contributed by atoms with Gasteiger partial charge in [0.15, 0.2) is 5.84 Å². The topological polar surface area (TPSA) is 78.9 Å². The molecule has 0 saturated carbocycles. The molecule has 0 radical (unpaired) electrons. The van der Waals surface area contributed by atoms with Crippen molar-refractivity contribution in [3.05, 3.63) is 34.9 Å². The van der Waals surface area contributed by atoms with Crippen molar-refractivity contribution in [2.75, 3.05) is 7.05 Å². The maximum absolute atomic E-state index is 11.6. The van der Waals surface area contributed by atoms with Crippen LogP contribution in [0.3, 0.4) is 0 Å². The fraction of sp³-hybridized carbons (Fsp3) is 0.200. The monoisotopic (exact) mass is 205 g/mol. The number of carbonyl (C=O) groups is 1. The summed E-state index contributed by atoms with van der Waals surface area (Å²) in [7, 11) is 1.74. The van der Waals surface area contributed by atoms with Crippen LogP contribution in [0.1, 0.15) is 21.5 Å². The molecule has 15 heavy (non-hydrogen) atoms. The first-order valence-electron chi connectivity index (χ1n) is 4.50. The van der Waals surface area contributed by atoms with Crippen LogP contribution in [0.5, 0.6) is 0 Å². The van der Waals surface area contributed by atoms with Gasteiger partial charge in [-0.3, -0.25) is 4.79 Å². The van der Waals surface area contributed by atoms with Gasteiger partial charge in [-0.15, -0.1) is 0 Å². The van der Waals surface area contributed by atoms with Crippen LogP contribution in [0.4, 0.5) is 0 Å². The third-order valence-corrected chi connectivity index (χ3v) is 2.50. The molecule has 1 heterocycles. The van der Waals surface area contributed by atoms with E-state index in [2.05, 4.69) is 5.16 Å². The molecular formula is C10H11N3O2. The van der Waals surface area contributed by atoms with Gasteiger partial charge < -0.3 is 15.8 Å². The fourth-order valence-electron chi connectivity index (χ4n) is 1.66. The van der Waals surface area contributed by atoms with Gasteiger partial charge in [-0.1, -0.05) is 17.3 Å². The average Bonchev–Trinajstić information content (AvgIpc) is 2.54. The van der Waals surface area contributed by atoms with Gasteiger partial charge >= 0.3 is 0 Å². The Morgan fingerprint density at radius 2 is 2.33 bits per heavy atom. The Hall–Kier alpha value is -2.04. The third-order valence-electron chi connectivity index (χ3n) is 2.50. The summed E-state index contributed by atoms with van der Waals surface area (Å²) in [5.41, 5.74) is 7.59. The van der Waals surface area contributed by atoms with Crippen molar-refractivity contribution in [1.29, 1.82) is 0 Å². The summed E-state index contributed by atoms with van der Waals surface area (Å²) >= 11 is 0. The van der Waals surface area contributed by atoms with Crippen LogP contribution in [-0.2, 0) is 6.54 Å². The molecule has 0 aromatic heterocycles. The molecule has 0 atom stereocenters. The fourth-order valence-corrected chi connectivity index (χ4v) is 1.66. The van der Waals surface area contributed by atoms with Crippen LogP contribution in [0.15, 0.2) is 23.4 Å². The number of amidine groups is 1. The molecule has 0 bridgehead atoms. The first-order chi connectivity index (χ1) is 7.13. The van der Waals surface area contributed by atoms with E-state index in [-0.39, 0.29) is 11.7 Å². The predicted octanol–water partition coefficient (Wildman–Crippen LogP) is 0.367. The minimum Gasteiger partial charge on any atom is -0.409 e. The molecule has 1 amide bonds. The quantitative estimate of drug-likeness (QED) is 0.301. The molecule has 0 spiro atoms. The van der Waals surface area contributed by atoms with Gasteiger partial charge in [0, 0.05) is 24.7 Å². The van der Waals surface area contributed by atoms with Gasteiger partial charge in [-0.2, -0.15) is 0 Å². The maximum Gasteiger partial charge on any atom is 0.254 e. The Kier molecular flexibility index (Phi) is 2.07. The molecule has 3 N–H and O–H groups in total.